The first-order valence-corrected chi connectivity index (χ1v) is 7.39. The minimum absolute atomic E-state index is 0.108. The fraction of sp³-hybridized carbons (Fsp3) is 0.294. The van der Waals surface area contributed by atoms with Gasteiger partial charge < -0.3 is 15.0 Å². The molecular weight excluding hydrogens is 278 g/mol. The normalized spacial score (nSPS) is 14.7. The van der Waals surface area contributed by atoms with Gasteiger partial charge in [0.1, 0.15) is 5.82 Å². The van der Waals surface area contributed by atoms with Crippen LogP contribution >= 0.6 is 0 Å². The van der Waals surface area contributed by atoms with Crippen LogP contribution in [0, 0.1) is 6.92 Å². The minimum Gasteiger partial charge on any atom is -0.378 e. The molecule has 1 saturated heterocycles. The highest BCUT2D eigenvalue weighted by Crippen LogP contribution is 2.18. The van der Waals surface area contributed by atoms with Crippen molar-refractivity contribution < 1.29 is 9.53 Å². The van der Waals surface area contributed by atoms with E-state index in [-0.39, 0.29) is 5.91 Å². The summed E-state index contributed by atoms with van der Waals surface area (Å²) in [4.78, 5) is 18.8. The lowest BCUT2D eigenvalue weighted by Crippen LogP contribution is -2.36. The predicted octanol–water partition coefficient (Wildman–Crippen LogP) is 2.48. The van der Waals surface area contributed by atoms with Crippen molar-refractivity contribution in [2.45, 2.75) is 6.92 Å². The zero-order chi connectivity index (χ0) is 15.4. The van der Waals surface area contributed by atoms with Crippen molar-refractivity contribution in [3.8, 4) is 0 Å². The van der Waals surface area contributed by atoms with E-state index in [0.29, 0.717) is 18.8 Å². The van der Waals surface area contributed by atoms with Gasteiger partial charge in [-0.25, -0.2) is 4.98 Å². The van der Waals surface area contributed by atoms with Crippen molar-refractivity contribution in [2.24, 2.45) is 0 Å². The number of hydrogen-bond donors (Lipinski definition) is 1. The minimum atomic E-state index is -0.108. The Bertz CT molecular complexity index is 666. The van der Waals surface area contributed by atoms with Crippen LogP contribution in [0.25, 0.3) is 0 Å². The number of carbonyl (C=O) groups excluding carboxylic acids is 1. The van der Waals surface area contributed by atoms with Crippen molar-refractivity contribution >= 4 is 17.4 Å². The maximum absolute atomic E-state index is 12.3. The van der Waals surface area contributed by atoms with Gasteiger partial charge in [-0.2, -0.15) is 0 Å². The number of anilines is 2. The number of ether oxygens (including phenoxy) is 1. The monoisotopic (exact) mass is 297 g/mol. The van der Waals surface area contributed by atoms with Crippen molar-refractivity contribution in [1.82, 2.24) is 4.98 Å². The highest BCUT2D eigenvalue weighted by Gasteiger charge is 2.13. The van der Waals surface area contributed by atoms with Crippen LogP contribution in [0.15, 0.2) is 42.6 Å². The molecule has 0 saturated carbocycles. The molecule has 1 aromatic carbocycles. The van der Waals surface area contributed by atoms with E-state index in [0.717, 1.165) is 30.2 Å². The van der Waals surface area contributed by atoms with E-state index >= 15 is 0 Å². The van der Waals surface area contributed by atoms with E-state index in [2.05, 4.69) is 15.2 Å². The number of hydrogen-bond acceptors (Lipinski definition) is 4. The van der Waals surface area contributed by atoms with Gasteiger partial charge in [-0.05, 0) is 25.1 Å². The van der Waals surface area contributed by atoms with Crippen molar-refractivity contribution in [2.75, 3.05) is 36.5 Å². The van der Waals surface area contributed by atoms with E-state index in [1.165, 1.54) is 0 Å². The molecule has 2 heterocycles. The van der Waals surface area contributed by atoms with Gasteiger partial charge in [-0.3, -0.25) is 4.79 Å². The molecule has 5 heteroatoms. The summed E-state index contributed by atoms with van der Waals surface area (Å²) in [6, 6.07) is 11.2. The number of morpholine rings is 1. The highest BCUT2D eigenvalue weighted by atomic mass is 16.5. The fourth-order valence-electron chi connectivity index (χ4n) is 2.45. The topological polar surface area (TPSA) is 54.5 Å². The number of pyridine rings is 1. The first-order valence-electron chi connectivity index (χ1n) is 7.39. The molecule has 3 rings (SSSR count). The van der Waals surface area contributed by atoms with Crippen molar-refractivity contribution in [3.05, 3.63) is 53.7 Å². The van der Waals surface area contributed by atoms with E-state index in [1.807, 2.05) is 37.3 Å². The van der Waals surface area contributed by atoms with Crippen LogP contribution in [0.5, 0.6) is 0 Å². The molecule has 1 aromatic heterocycles. The first-order chi connectivity index (χ1) is 10.7. The molecule has 0 aliphatic carbocycles. The number of aryl methyl sites for hydroxylation is 1. The number of amides is 1. The van der Waals surface area contributed by atoms with E-state index < -0.39 is 0 Å². The Hall–Kier alpha value is -2.40. The van der Waals surface area contributed by atoms with Crippen molar-refractivity contribution in [3.63, 3.8) is 0 Å². The third-order valence-electron chi connectivity index (χ3n) is 3.62. The molecule has 5 nitrogen and oxygen atoms in total. The maximum atomic E-state index is 12.3. The lowest BCUT2D eigenvalue weighted by molar-refractivity contribution is 0.102. The summed E-state index contributed by atoms with van der Waals surface area (Å²) < 4.78 is 5.35. The summed E-state index contributed by atoms with van der Waals surface area (Å²) in [6.07, 6.45) is 1.72. The molecule has 1 aliphatic heterocycles. The number of nitrogens with one attached hydrogen (secondary N) is 1. The van der Waals surface area contributed by atoms with Gasteiger partial charge in [0.25, 0.3) is 5.91 Å². The Labute approximate surface area is 129 Å². The average Bonchev–Trinajstić information content (AvgIpc) is 2.56. The Morgan fingerprint density at radius 1 is 1.23 bits per heavy atom. The second-order valence-corrected chi connectivity index (χ2v) is 5.33. The number of aromatic nitrogens is 1. The first kappa shape index (κ1) is 14.5. The largest absolute Gasteiger partial charge is 0.378 e. The maximum Gasteiger partial charge on any atom is 0.255 e. The number of rotatable bonds is 3. The van der Waals surface area contributed by atoms with Crippen LogP contribution in [-0.4, -0.2) is 37.2 Å². The van der Waals surface area contributed by atoms with Crippen LogP contribution < -0.4 is 10.2 Å². The molecule has 0 radical (unpaired) electrons. The molecule has 0 unspecified atom stereocenters. The van der Waals surface area contributed by atoms with Gasteiger partial charge in [0.2, 0.25) is 0 Å². The summed E-state index contributed by atoms with van der Waals surface area (Å²) in [5.41, 5.74) is 2.48. The molecule has 114 valence electrons. The summed E-state index contributed by atoms with van der Waals surface area (Å²) in [5, 5.41) is 2.93. The van der Waals surface area contributed by atoms with Gasteiger partial charge in [0, 0.05) is 36.6 Å². The second kappa shape index (κ2) is 6.58. The zero-order valence-electron chi connectivity index (χ0n) is 12.6. The summed E-state index contributed by atoms with van der Waals surface area (Å²) in [6.45, 7) is 5.04. The van der Waals surface area contributed by atoms with E-state index in [1.54, 1.807) is 12.3 Å². The van der Waals surface area contributed by atoms with Gasteiger partial charge in [-0.1, -0.05) is 17.7 Å². The van der Waals surface area contributed by atoms with Crippen LogP contribution in [0.1, 0.15) is 15.9 Å². The van der Waals surface area contributed by atoms with Crippen molar-refractivity contribution in [1.29, 1.82) is 0 Å². The van der Waals surface area contributed by atoms with Gasteiger partial charge in [-0.15, -0.1) is 0 Å². The van der Waals surface area contributed by atoms with E-state index in [9.17, 15) is 4.79 Å². The fourth-order valence-corrected chi connectivity index (χ4v) is 2.45. The second-order valence-electron chi connectivity index (χ2n) is 5.33. The summed E-state index contributed by atoms with van der Waals surface area (Å²) in [5.74, 6) is 0.758. The van der Waals surface area contributed by atoms with Gasteiger partial charge in [0.15, 0.2) is 0 Å². The van der Waals surface area contributed by atoms with Crippen LogP contribution in [-0.2, 0) is 4.74 Å². The lowest BCUT2D eigenvalue weighted by Gasteiger charge is -2.28. The lowest BCUT2D eigenvalue weighted by atomic mass is 10.1. The molecule has 1 N–H and O–H groups in total. The molecular formula is C17H19N3O2. The highest BCUT2D eigenvalue weighted by molar-refractivity contribution is 6.04. The molecule has 22 heavy (non-hydrogen) atoms. The Morgan fingerprint density at radius 3 is 2.82 bits per heavy atom. The number of nitrogens with zero attached hydrogens (tertiary/aromatic N) is 2. The zero-order valence-corrected chi connectivity index (χ0v) is 12.6. The van der Waals surface area contributed by atoms with Gasteiger partial charge >= 0.3 is 0 Å². The Kier molecular flexibility index (Phi) is 4.34. The molecule has 1 fully saturated rings. The number of benzene rings is 1. The Morgan fingerprint density at radius 2 is 2.05 bits per heavy atom. The van der Waals surface area contributed by atoms with Crippen LogP contribution in [0.3, 0.4) is 0 Å². The molecule has 0 spiro atoms. The smallest absolute Gasteiger partial charge is 0.255 e. The number of carbonyl (C=O) groups is 1. The summed E-state index contributed by atoms with van der Waals surface area (Å²) in [7, 11) is 0. The molecule has 0 atom stereocenters. The van der Waals surface area contributed by atoms with E-state index in [4.69, 9.17) is 4.74 Å². The Balaban J connectivity index is 1.73. The van der Waals surface area contributed by atoms with Crippen LogP contribution in [0.4, 0.5) is 11.5 Å². The third kappa shape index (κ3) is 3.43. The molecule has 1 aliphatic rings. The quantitative estimate of drug-likeness (QED) is 0.945. The third-order valence-corrected chi connectivity index (χ3v) is 3.62. The molecule has 2 aromatic rings. The van der Waals surface area contributed by atoms with Crippen LogP contribution in [0.2, 0.25) is 0 Å². The molecule has 1 amide bonds. The standard InChI is InChI=1S/C17H19N3O2/c1-13-3-2-4-14(11-13)17(21)19-15-5-6-18-16(12-15)20-7-9-22-10-8-20/h2-6,11-12H,7-10H2,1H3,(H,18,19,21). The van der Waals surface area contributed by atoms with Gasteiger partial charge in [0.05, 0.1) is 13.2 Å². The average molecular weight is 297 g/mol. The summed E-state index contributed by atoms with van der Waals surface area (Å²) >= 11 is 0. The SMILES string of the molecule is Cc1cccc(C(=O)Nc2ccnc(N3CCOCC3)c2)c1. The predicted molar refractivity (Wildman–Crippen MR) is 86.4 cm³/mol. The molecule has 0 bridgehead atoms.